The van der Waals surface area contributed by atoms with Gasteiger partial charge in [0.1, 0.15) is 12.4 Å². The van der Waals surface area contributed by atoms with Gasteiger partial charge >= 0.3 is 0 Å². The Labute approximate surface area is 132 Å². The third-order valence-electron chi connectivity index (χ3n) is 4.68. The van der Waals surface area contributed by atoms with Crippen molar-refractivity contribution in [2.45, 2.75) is 31.7 Å². The van der Waals surface area contributed by atoms with E-state index in [9.17, 15) is 0 Å². The molecule has 3 rings (SSSR count). The van der Waals surface area contributed by atoms with Gasteiger partial charge in [-0.3, -0.25) is 4.90 Å². The Balaban J connectivity index is 1.42. The van der Waals surface area contributed by atoms with Crippen molar-refractivity contribution < 1.29 is 4.74 Å². The first-order chi connectivity index (χ1) is 10.3. The van der Waals surface area contributed by atoms with Crippen LogP contribution < -0.4 is 10.1 Å². The molecule has 1 N–H and O–H groups in total. The molecule has 4 heteroatoms. The van der Waals surface area contributed by atoms with Crippen LogP contribution in [0.15, 0.2) is 24.3 Å². The molecule has 3 nitrogen and oxygen atoms in total. The second-order valence-electron chi connectivity index (χ2n) is 6.21. The van der Waals surface area contributed by atoms with E-state index in [2.05, 4.69) is 10.2 Å². The number of halogens is 1. The molecule has 2 fully saturated rings. The van der Waals surface area contributed by atoms with Gasteiger partial charge in [0.2, 0.25) is 0 Å². The number of hydrogen-bond acceptors (Lipinski definition) is 3. The maximum Gasteiger partial charge on any atom is 0.120 e. The first-order valence-electron chi connectivity index (χ1n) is 8.15. The number of piperidine rings is 1. The minimum Gasteiger partial charge on any atom is -0.492 e. The Morgan fingerprint density at radius 2 is 2.24 bits per heavy atom. The Kier molecular flexibility index (Phi) is 5.39. The highest BCUT2D eigenvalue weighted by atomic mass is 35.5. The van der Waals surface area contributed by atoms with E-state index in [0.717, 1.165) is 35.9 Å². The Morgan fingerprint density at radius 1 is 1.29 bits per heavy atom. The minimum atomic E-state index is 0.734. The van der Waals surface area contributed by atoms with Crippen molar-refractivity contribution in [3.63, 3.8) is 0 Å². The number of benzene rings is 1. The summed E-state index contributed by atoms with van der Waals surface area (Å²) in [6, 6.07) is 8.40. The molecule has 0 spiro atoms. The summed E-state index contributed by atoms with van der Waals surface area (Å²) >= 11 is 5.97. The molecule has 0 aliphatic carbocycles. The number of nitrogens with zero attached hydrogens (tertiary/aromatic N) is 1. The van der Waals surface area contributed by atoms with E-state index in [-0.39, 0.29) is 0 Å². The highest BCUT2D eigenvalue weighted by Crippen LogP contribution is 2.24. The second-order valence-corrected chi connectivity index (χ2v) is 6.65. The number of rotatable bonds is 5. The van der Waals surface area contributed by atoms with Gasteiger partial charge in [-0.25, -0.2) is 0 Å². The van der Waals surface area contributed by atoms with Crippen molar-refractivity contribution in [3.05, 3.63) is 29.3 Å². The molecular weight excluding hydrogens is 284 g/mol. The first kappa shape index (κ1) is 15.1. The van der Waals surface area contributed by atoms with Crippen LogP contribution in [0.1, 0.15) is 25.7 Å². The molecule has 0 bridgehead atoms. The van der Waals surface area contributed by atoms with Gasteiger partial charge in [0, 0.05) is 24.2 Å². The number of nitrogens with one attached hydrogen (secondary N) is 1. The zero-order valence-electron chi connectivity index (χ0n) is 12.6. The fraction of sp³-hybridized carbons (Fsp3) is 0.647. The highest BCUT2D eigenvalue weighted by molar-refractivity contribution is 6.30. The van der Waals surface area contributed by atoms with E-state index in [0.29, 0.717) is 0 Å². The maximum atomic E-state index is 5.97. The highest BCUT2D eigenvalue weighted by Gasteiger charge is 2.28. The predicted octanol–water partition coefficient (Wildman–Crippen LogP) is 3.18. The van der Waals surface area contributed by atoms with Crippen molar-refractivity contribution in [1.82, 2.24) is 10.2 Å². The normalized spacial score (nSPS) is 26.9. The van der Waals surface area contributed by atoms with Gasteiger partial charge < -0.3 is 10.1 Å². The molecule has 0 amide bonds. The Hall–Kier alpha value is -0.770. The summed E-state index contributed by atoms with van der Waals surface area (Å²) in [6.45, 7) is 5.39. The summed E-state index contributed by atoms with van der Waals surface area (Å²) in [5.74, 6) is 1.70. The van der Waals surface area contributed by atoms with Crippen LogP contribution in [0.4, 0.5) is 0 Å². The Bertz CT molecular complexity index is 448. The molecule has 116 valence electrons. The molecule has 2 unspecified atom stereocenters. The summed E-state index contributed by atoms with van der Waals surface area (Å²) in [6.07, 6.45) is 5.40. The van der Waals surface area contributed by atoms with Crippen molar-refractivity contribution in [2.75, 3.05) is 32.8 Å². The van der Waals surface area contributed by atoms with E-state index < -0.39 is 0 Å². The molecule has 2 heterocycles. The average Bonchev–Trinajstić information content (AvgIpc) is 3.02. The SMILES string of the molecule is Clc1cccc(OCCN2CCCC(C3CCCN3)C2)c1. The number of likely N-dealkylation sites (tertiary alicyclic amines) is 1. The van der Waals surface area contributed by atoms with Crippen LogP contribution in [0.2, 0.25) is 5.02 Å². The first-order valence-corrected chi connectivity index (χ1v) is 8.53. The molecule has 2 atom stereocenters. The van der Waals surface area contributed by atoms with Crippen LogP contribution in [0.3, 0.4) is 0 Å². The quantitative estimate of drug-likeness (QED) is 0.904. The van der Waals surface area contributed by atoms with Gasteiger partial charge in [0.15, 0.2) is 0 Å². The van der Waals surface area contributed by atoms with Crippen molar-refractivity contribution >= 4 is 11.6 Å². The molecule has 2 saturated heterocycles. The summed E-state index contributed by atoms with van der Waals surface area (Å²) in [5, 5.41) is 4.40. The van der Waals surface area contributed by atoms with E-state index in [1.807, 2.05) is 24.3 Å². The fourth-order valence-corrected chi connectivity index (χ4v) is 3.77. The molecule has 1 aromatic rings. The van der Waals surface area contributed by atoms with Crippen LogP contribution in [0.25, 0.3) is 0 Å². The van der Waals surface area contributed by atoms with E-state index in [1.54, 1.807) is 0 Å². The van der Waals surface area contributed by atoms with Gasteiger partial charge in [0.05, 0.1) is 0 Å². The van der Waals surface area contributed by atoms with Gasteiger partial charge in [-0.15, -0.1) is 0 Å². The van der Waals surface area contributed by atoms with E-state index in [4.69, 9.17) is 16.3 Å². The Morgan fingerprint density at radius 3 is 3.05 bits per heavy atom. The smallest absolute Gasteiger partial charge is 0.120 e. The zero-order chi connectivity index (χ0) is 14.5. The predicted molar refractivity (Wildman–Crippen MR) is 87.1 cm³/mol. The van der Waals surface area contributed by atoms with Gasteiger partial charge in [-0.2, -0.15) is 0 Å². The van der Waals surface area contributed by atoms with E-state index in [1.165, 1.54) is 45.3 Å². The summed E-state index contributed by atoms with van der Waals surface area (Å²) in [4.78, 5) is 2.55. The molecule has 0 aromatic heterocycles. The molecule has 0 radical (unpaired) electrons. The molecule has 0 saturated carbocycles. The van der Waals surface area contributed by atoms with Gasteiger partial charge in [-0.05, 0) is 62.9 Å². The summed E-state index contributed by atoms with van der Waals surface area (Å²) in [7, 11) is 0. The van der Waals surface area contributed by atoms with Crippen molar-refractivity contribution in [3.8, 4) is 5.75 Å². The lowest BCUT2D eigenvalue weighted by atomic mass is 9.90. The lowest BCUT2D eigenvalue weighted by Crippen LogP contribution is -2.44. The number of hydrogen-bond donors (Lipinski definition) is 1. The molecule has 21 heavy (non-hydrogen) atoms. The van der Waals surface area contributed by atoms with Crippen LogP contribution in [-0.2, 0) is 0 Å². The molecule has 2 aliphatic heterocycles. The van der Waals surface area contributed by atoms with Gasteiger partial charge in [-0.1, -0.05) is 17.7 Å². The van der Waals surface area contributed by atoms with Crippen molar-refractivity contribution in [1.29, 1.82) is 0 Å². The van der Waals surface area contributed by atoms with Gasteiger partial charge in [0.25, 0.3) is 0 Å². The molecule has 1 aromatic carbocycles. The summed E-state index contributed by atoms with van der Waals surface area (Å²) < 4.78 is 5.81. The van der Waals surface area contributed by atoms with Crippen LogP contribution in [0.5, 0.6) is 5.75 Å². The lowest BCUT2D eigenvalue weighted by Gasteiger charge is -2.35. The molecular formula is C17H25ClN2O. The van der Waals surface area contributed by atoms with Crippen molar-refractivity contribution in [2.24, 2.45) is 5.92 Å². The van der Waals surface area contributed by atoms with Crippen LogP contribution >= 0.6 is 11.6 Å². The fourth-order valence-electron chi connectivity index (χ4n) is 3.59. The van der Waals surface area contributed by atoms with Crippen LogP contribution in [0, 0.1) is 5.92 Å². The maximum absolute atomic E-state index is 5.97. The van der Waals surface area contributed by atoms with Crippen LogP contribution in [-0.4, -0.2) is 43.7 Å². The zero-order valence-corrected chi connectivity index (χ0v) is 13.3. The topological polar surface area (TPSA) is 24.5 Å². The third-order valence-corrected chi connectivity index (χ3v) is 4.92. The monoisotopic (exact) mass is 308 g/mol. The average molecular weight is 309 g/mol. The standard InChI is InChI=1S/C17H25ClN2O/c18-15-5-1-6-16(12-15)21-11-10-20-9-3-4-14(13-20)17-7-2-8-19-17/h1,5-6,12,14,17,19H,2-4,7-11,13H2. The lowest BCUT2D eigenvalue weighted by molar-refractivity contribution is 0.130. The van der Waals surface area contributed by atoms with E-state index >= 15 is 0 Å². The summed E-state index contributed by atoms with van der Waals surface area (Å²) in [5.41, 5.74) is 0. The largest absolute Gasteiger partial charge is 0.492 e. The second kappa shape index (κ2) is 7.48. The number of ether oxygens (including phenoxy) is 1. The third kappa shape index (κ3) is 4.35. The minimum absolute atomic E-state index is 0.734. The molecule has 2 aliphatic rings.